The van der Waals surface area contributed by atoms with Crippen molar-refractivity contribution in [1.82, 2.24) is 5.32 Å². The van der Waals surface area contributed by atoms with Crippen LogP contribution in [0.1, 0.15) is 31.0 Å². The van der Waals surface area contributed by atoms with Crippen LogP contribution in [0.25, 0.3) is 0 Å². The number of halogens is 1. The van der Waals surface area contributed by atoms with Crippen LogP contribution in [0.4, 0.5) is 0 Å². The number of hydrogen-bond donors (Lipinski definition) is 1. The molecule has 2 aromatic carbocycles. The van der Waals surface area contributed by atoms with Crippen molar-refractivity contribution in [3.05, 3.63) is 64.7 Å². The Morgan fingerprint density at radius 1 is 1.10 bits per heavy atom. The Balaban J connectivity index is 2.19. The second-order valence-electron chi connectivity index (χ2n) is 5.38. The molecule has 0 heterocycles. The van der Waals surface area contributed by atoms with Gasteiger partial charge in [0.1, 0.15) is 5.75 Å². The van der Waals surface area contributed by atoms with Crippen LogP contribution in [-0.4, -0.2) is 13.2 Å². The minimum absolute atomic E-state index is 0.178. The molecule has 1 N–H and O–H groups in total. The van der Waals surface area contributed by atoms with E-state index in [1.807, 2.05) is 51.2 Å². The average Bonchev–Trinajstić information content (AvgIpc) is 2.46. The number of rotatable bonds is 6. The summed E-state index contributed by atoms with van der Waals surface area (Å²) in [5.41, 5.74) is 2.35. The molecule has 1 unspecified atom stereocenters. The molecule has 0 fully saturated rings. The quantitative estimate of drug-likeness (QED) is 0.840. The summed E-state index contributed by atoms with van der Waals surface area (Å²) in [7, 11) is 1.97. The first-order chi connectivity index (χ1) is 10.1. The van der Waals surface area contributed by atoms with E-state index in [4.69, 9.17) is 16.3 Å². The highest BCUT2D eigenvalue weighted by atomic mass is 35.5. The van der Waals surface area contributed by atoms with Gasteiger partial charge < -0.3 is 10.1 Å². The van der Waals surface area contributed by atoms with Crippen molar-refractivity contribution in [2.45, 2.75) is 32.4 Å². The maximum atomic E-state index is 6.26. The third-order valence-electron chi connectivity index (χ3n) is 3.36. The summed E-state index contributed by atoms with van der Waals surface area (Å²) in [5, 5.41) is 4.17. The highest BCUT2D eigenvalue weighted by Gasteiger charge is 2.13. The third kappa shape index (κ3) is 4.48. The van der Waals surface area contributed by atoms with Crippen LogP contribution < -0.4 is 10.1 Å². The Kier molecular flexibility index (Phi) is 5.66. The molecule has 0 saturated carbocycles. The number of likely N-dealkylation sites (N-methyl/N-ethyl adjacent to an activating group) is 1. The Labute approximate surface area is 132 Å². The maximum Gasteiger partial charge on any atom is 0.120 e. The van der Waals surface area contributed by atoms with E-state index in [1.165, 1.54) is 5.56 Å². The van der Waals surface area contributed by atoms with Crippen molar-refractivity contribution >= 4 is 11.6 Å². The monoisotopic (exact) mass is 303 g/mol. The SMILES string of the molecule is CNC(Cc1ccccc1Cl)c1cccc(OC(C)C)c1. The van der Waals surface area contributed by atoms with Gasteiger partial charge in [-0.15, -0.1) is 0 Å². The van der Waals surface area contributed by atoms with E-state index in [9.17, 15) is 0 Å². The van der Waals surface area contributed by atoms with E-state index in [1.54, 1.807) is 0 Å². The second kappa shape index (κ2) is 7.48. The van der Waals surface area contributed by atoms with E-state index < -0.39 is 0 Å². The molecule has 3 heteroatoms. The van der Waals surface area contributed by atoms with Crippen molar-refractivity contribution < 1.29 is 4.74 Å². The van der Waals surface area contributed by atoms with E-state index in [-0.39, 0.29) is 12.1 Å². The van der Waals surface area contributed by atoms with Gasteiger partial charge in [-0.05, 0) is 56.6 Å². The van der Waals surface area contributed by atoms with Crippen LogP contribution in [0.3, 0.4) is 0 Å². The van der Waals surface area contributed by atoms with Crippen molar-refractivity contribution in [3.63, 3.8) is 0 Å². The van der Waals surface area contributed by atoms with Gasteiger partial charge in [-0.3, -0.25) is 0 Å². The van der Waals surface area contributed by atoms with Crippen LogP contribution in [0.15, 0.2) is 48.5 Å². The molecule has 0 amide bonds. The van der Waals surface area contributed by atoms with Crippen molar-refractivity contribution in [3.8, 4) is 5.75 Å². The number of ether oxygens (including phenoxy) is 1. The normalized spacial score (nSPS) is 12.4. The van der Waals surface area contributed by atoms with Gasteiger partial charge in [-0.2, -0.15) is 0 Å². The Morgan fingerprint density at radius 2 is 1.86 bits per heavy atom. The lowest BCUT2D eigenvalue weighted by Gasteiger charge is -2.19. The number of hydrogen-bond acceptors (Lipinski definition) is 2. The fraction of sp³-hybridized carbons (Fsp3) is 0.333. The zero-order valence-electron chi connectivity index (χ0n) is 12.8. The van der Waals surface area contributed by atoms with E-state index >= 15 is 0 Å². The second-order valence-corrected chi connectivity index (χ2v) is 5.78. The lowest BCUT2D eigenvalue weighted by Crippen LogP contribution is -2.19. The van der Waals surface area contributed by atoms with Crippen LogP contribution in [0.2, 0.25) is 5.02 Å². The van der Waals surface area contributed by atoms with Crippen molar-refractivity contribution in [2.24, 2.45) is 0 Å². The number of benzene rings is 2. The molecule has 1 atom stereocenters. The summed E-state index contributed by atoms with van der Waals surface area (Å²) >= 11 is 6.26. The summed E-state index contributed by atoms with van der Waals surface area (Å²) in [6.45, 7) is 4.07. The van der Waals surface area contributed by atoms with Gasteiger partial charge in [-0.1, -0.05) is 41.9 Å². The molecule has 0 saturated heterocycles. The number of nitrogens with one attached hydrogen (secondary N) is 1. The minimum Gasteiger partial charge on any atom is -0.491 e. The van der Waals surface area contributed by atoms with Gasteiger partial charge in [0.2, 0.25) is 0 Å². The molecule has 0 aromatic heterocycles. The maximum absolute atomic E-state index is 6.26. The molecule has 112 valence electrons. The highest BCUT2D eigenvalue weighted by Crippen LogP contribution is 2.25. The highest BCUT2D eigenvalue weighted by molar-refractivity contribution is 6.31. The van der Waals surface area contributed by atoms with Crippen LogP contribution in [-0.2, 0) is 6.42 Å². The molecular formula is C18H22ClNO. The molecule has 2 nitrogen and oxygen atoms in total. The lowest BCUT2D eigenvalue weighted by molar-refractivity contribution is 0.242. The van der Waals surface area contributed by atoms with Crippen LogP contribution in [0.5, 0.6) is 5.75 Å². The third-order valence-corrected chi connectivity index (χ3v) is 3.73. The van der Waals surface area contributed by atoms with Crippen LogP contribution >= 0.6 is 11.6 Å². The molecule has 0 aliphatic rings. The van der Waals surface area contributed by atoms with Gasteiger partial charge in [0.25, 0.3) is 0 Å². The largest absolute Gasteiger partial charge is 0.491 e. The van der Waals surface area contributed by atoms with Gasteiger partial charge in [0.05, 0.1) is 6.10 Å². The first-order valence-electron chi connectivity index (χ1n) is 7.27. The lowest BCUT2D eigenvalue weighted by atomic mass is 9.99. The van der Waals surface area contributed by atoms with E-state index in [0.29, 0.717) is 0 Å². The molecule has 0 radical (unpaired) electrons. The van der Waals surface area contributed by atoms with Gasteiger partial charge in [0, 0.05) is 11.1 Å². The zero-order valence-corrected chi connectivity index (χ0v) is 13.5. The molecule has 0 spiro atoms. The van der Waals surface area contributed by atoms with Gasteiger partial charge in [0.15, 0.2) is 0 Å². The molecule has 2 aromatic rings. The molecule has 0 bridgehead atoms. The molecular weight excluding hydrogens is 282 g/mol. The Bertz CT molecular complexity index is 583. The predicted octanol–water partition coefficient (Wildman–Crippen LogP) is 4.63. The smallest absolute Gasteiger partial charge is 0.120 e. The Morgan fingerprint density at radius 3 is 2.52 bits per heavy atom. The van der Waals surface area contributed by atoms with Gasteiger partial charge >= 0.3 is 0 Å². The molecule has 21 heavy (non-hydrogen) atoms. The molecule has 2 rings (SSSR count). The summed E-state index contributed by atoms with van der Waals surface area (Å²) in [4.78, 5) is 0. The van der Waals surface area contributed by atoms with Gasteiger partial charge in [-0.25, -0.2) is 0 Å². The predicted molar refractivity (Wildman–Crippen MR) is 89.2 cm³/mol. The topological polar surface area (TPSA) is 21.3 Å². The molecule has 0 aliphatic carbocycles. The standard InChI is InChI=1S/C18H22ClNO/c1-13(2)21-16-9-6-8-15(11-16)18(20-3)12-14-7-4-5-10-17(14)19/h4-11,13,18,20H,12H2,1-3H3. The molecule has 0 aliphatic heterocycles. The Hall–Kier alpha value is -1.51. The summed E-state index contributed by atoms with van der Waals surface area (Å²) in [6, 6.07) is 16.4. The fourth-order valence-electron chi connectivity index (χ4n) is 2.35. The first kappa shape index (κ1) is 15.9. The average molecular weight is 304 g/mol. The fourth-order valence-corrected chi connectivity index (χ4v) is 2.56. The summed E-state index contributed by atoms with van der Waals surface area (Å²) in [6.07, 6.45) is 1.03. The minimum atomic E-state index is 0.178. The summed E-state index contributed by atoms with van der Waals surface area (Å²) < 4.78 is 5.77. The van der Waals surface area contributed by atoms with Crippen LogP contribution in [0, 0.1) is 0 Å². The zero-order chi connectivity index (χ0) is 15.2. The van der Waals surface area contributed by atoms with E-state index in [2.05, 4.69) is 23.5 Å². The summed E-state index contributed by atoms with van der Waals surface area (Å²) in [5.74, 6) is 0.905. The first-order valence-corrected chi connectivity index (χ1v) is 7.65. The van der Waals surface area contributed by atoms with Crippen molar-refractivity contribution in [1.29, 1.82) is 0 Å². The van der Waals surface area contributed by atoms with E-state index in [0.717, 1.165) is 22.8 Å². The van der Waals surface area contributed by atoms with Crippen molar-refractivity contribution in [2.75, 3.05) is 7.05 Å².